The number of carboxylic acid groups (broad SMARTS) is 2. The molecule has 0 aromatic rings. The largest absolute Gasteiger partial charge is 2.00 e. The predicted octanol–water partition coefficient (Wildman–Crippen LogP) is -0.906. The van der Waals surface area contributed by atoms with Crippen LogP contribution in [0.25, 0.3) is 0 Å². The molecule has 0 aromatic heterocycles. The number of unbranched alkanes of at least 4 members (excludes halogenated alkanes) is 2. The molecule has 0 radical (unpaired) electrons. The molecule has 0 aromatic carbocycles. The van der Waals surface area contributed by atoms with Crippen molar-refractivity contribution in [2.75, 3.05) is 0 Å². The topological polar surface area (TPSA) is 113 Å². The fourth-order valence-electron chi connectivity index (χ4n) is 1.30. The van der Waals surface area contributed by atoms with Crippen molar-refractivity contribution < 1.29 is 24.9 Å². The summed E-state index contributed by atoms with van der Waals surface area (Å²) < 4.78 is 0. The number of rotatable bonds is 10. The van der Waals surface area contributed by atoms with Gasteiger partial charge >= 0.3 is 43.7 Å². The number of aliphatic imine (C=N–C) groups is 1. The van der Waals surface area contributed by atoms with E-state index in [1.807, 2.05) is 0 Å². The van der Waals surface area contributed by atoms with Crippen molar-refractivity contribution in [3.8, 4) is 0 Å². The SMILES string of the molecule is C=CCCCCC([O-])=N[C@@H](CCC(=O)[O-])C(=O)O.[Ca+2]. The van der Waals surface area contributed by atoms with E-state index in [2.05, 4.69) is 11.6 Å². The summed E-state index contributed by atoms with van der Waals surface area (Å²) in [7, 11) is 0. The monoisotopic (exact) mass is 295 g/mol. The Labute approximate surface area is 142 Å². The molecule has 1 N–H and O–H groups in total. The van der Waals surface area contributed by atoms with Gasteiger partial charge in [0.25, 0.3) is 0 Å². The summed E-state index contributed by atoms with van der Waals surface area (Å²) in [5.74, 6) is -3.16. The molecule has 0 bridgehead atoms. The molecule has 102 valence electrons. The molecule has 0 amide bonds. The third-order valence-corrected chi connectivity index (χ3v) is 2.26. The quantitative estimate of drug-likeness (QED) is 0.184. The van der Waals surface area contributed by atoms with E-state index in [1.54, 1.807) is 6.08 Å². The standard InChI is InChI=1S/C12H19NO5.Ca/c1-2-3-4-5-6-10(14)13-9(12(17)18)7-8-11(15)16;/h2,9H,1,3-8H2,(H,13,14)(H,15,16)(H,17,18);/q;+2/p-2/t9-;/m0./s1. The number of carbonyl (C=O) groups excluding carboxylic acids is 1. The average Bonchev–Trinajstić information content (AvgIpc) is 2.29. The van der Waals surface area contributed by atoms with E-state index >= 15 is 0 Å². The van der Waals surface area contributed by atoms with Crippen LogP contribution >= 0.6 is 0 Å². The minimum atomic E-state index is -1.35. The van der Waals surface area contributed by atoms with E-state index in [-0.39, 0.29) is 50.6 Å². The zero-order valence-electron chi connectivity index (χ0n) is 10.8. The van der Waals surface area contributed by atoms with Crippen LogP contribution < -0.4 is 10.2 Å². The molecule has 0 aliphatic rings. The maximum Gasteiger partial charge on any atom is 2.00 e. The molecule has 0 spiro atoms. The van der Waals surface area contributed by atoms with Crippen LogP contribution in [0.4, 0.5) is 0 Å². The number of aliphatic carboxylic acids is 2. The van der Waals surface area contributed by atoms with Gasteiger partial charge in [-0.1, -0.05) is 6.08 Å². The molecule has 0 fully saturated rings. The van der Waals surface area contributed by atoms with Crippen LogP contribution in [-0.4, -0.2) is 66.7 Å². The first-order valence-corrected chi connectivity index (χ1v) is 5.74. The van der Waals surface area contributed by atoms with Gasteiger partial charge in [0.15, 0.2) is 0 Å². The van der Waals surface area contributed by atoms with Crippen LogP contribution in [-0.2, 0) is 9.59 Å². The molecule has 0 heterocycles. The Hall–Kier alpha value is -0.590. The van der Waals surface area contributed by atoms with Gasteiger partial charge in [0, 0.05) is 5.97 Å². The first-order chi connectivity index (χ1) is 8.47. The minimum Gasteiger partial charge on any atom is -0.862 e. The van der Waals surface area contributed by atoms with Crippen LogP contribution in [0.3, 0.4) is 0 Å². The van der Waals surface area contributed by atoms with E-state index in [1.165, 1.54) is 0 Å². The number of carbonyl (C=O) groups is 2. The van der Waals surface area contributed by atoms with Gasteiger partial charge in [-0.2, -0.15) is 0 Å². The Kier molecular flexibility index (Phi) is 13.6. The molecular formula is C12H17CaNO5. The number of hydrogen-bond donors (Lipinski definition) is 1. The van der Waals surface area contributed by atoms with Crippen molar-refractivity contribution >= 4 is 55.6 Å². The minimum absolute atomic E-state index is 0. The Bertz CT molecular complexity index is 330. The summed E-state index contributed by atoms with van der Waals surface area (Å²) in [6.07, 6.45) is 3.45. The van der Waals surface area contributed by atoms with Gasteiger partial charge in [-0.3, -0.25) is 4.99 Å². The van der Waals surface area contributed by atoms with Crippen LogP contribution in [0.2, 0.25) is 0 Å². The maximum absolute atomic E-state index is 11.3. The average molecular weight is 295 g/mol. The molecular weight excluding hydrogens is 278 g/mol. The first kappa shape index (κ1) is 20.7. The van der Waals surface area contributed by atoms with Crippen LogP contribution in [0.1, 0.15) is 38.5 Å². The maximum atomic E-state index is 11.3. The third-order valence-electron chi connectivity index (χ3n) is 2.26. The Balaban J connectivity index is 0. The van der Waals surface area contributed by atoms with E-state index in [0.29, 0.717) is 6.42 Å². The molecule has 7 heteroatoms. The summed E-state index contributed by atoms with van der Waals surface area (Å²) in [5.41, 5.74) is 0. The smallest absolute Gasteiger partial charge is 0.862 e. The fourth-order valence-corrected chi connectivity index (χ4v) is 1.30. The second kappa shape index (κ2) is 12.4. The van der Waals surface area contributed by atoms with Crippen molar-refractivity contribution in [2.24, 2.45) is 4.99 Å². The van der Waals surface area contributed by atoms with Crippen molar-refractivity contribution in [3.05, 3.63) is 12.7 Å². The van der Waals surface area contributed by atoms with Gasteiger partial charge in [0.1, 0.15) is 6.04 Å². The van der Waals surface area contributed by atoms with Gasteiger partial charge in [-0.25, -0.2) is 4.79 Å². The zero-order chi connectivity index (χ0) is 14.0. The van der Waals surface area contributed by atoms with Crippen LogP contribution in [0.15, 0.2) is 17.6 Å². The number of allylic oxidation sites excluding steroid dienone is 1. The van der Waals surface area contributed by atoms with E-state index < -0.39 is 30.3 Å². The summed E-state index contributed by atoms with van der Waals surface area (Å²) in [4.78, 5) is 24.5. The number of hydrogen-bond acceptors (Lipinski definition) is 5. The van der Waals surface area contributed by atoms with Crippen LogP contribution in [0, 0.1) is 0 Å². The molecule has 0 saturated heterocycles. The van der Waals surface area contributed by atoms with E-state index in [0.717, 1.165) is 12.8 Å². The van der Waals surface area contributed by atoms with Gasteiger partial charge in [0.05, 0.1) is 0 Å². The van der Waals surface area contributed by atoms with Crippen molar-refractivity contribution in [1.29, 1.82) is 0 Å². The first-order valence-electron chi connectivity index (χ1n) is 5.74. The third kappa shape index (κ3) is 12.2. The molecule has 1 atom stereocenters. The van der Waals surface area contributed by atoms with Gasteiger partial charge < -0.3 is 20.1 Å². The molecule has 0 rings (SSSR count). The Morgan fingerprint density at radius 3 is 2.37 bits per heavy atom. The Morgan fingerprint density at radius 1 is 1.26 bits per heavy atom. The summed E-state index contributed by atoms with van der Waals surface area (Å²) in [6.45, 7) is 3.54. The predicted molar refractivity (Wildman–Crippen MR) is 67.5 cm³/mol. The van der Waals surface area contributed by atoms with Crippen molar-refractivity contribution in [1.82, 2.24) is 0 Å². The fraction of sp³-hybridized carbons (Fsp3) is 0.583. The molecule has 0 aliphatic heterocycles. The van der Waals surface area contributed by atoms with E-state index in [4.69, 9.17) is 5.11 Å². The summed E-state index contributed by atoms with van der Waals surface area (Å²) in [6, 6.07) is -1.30. The molecule has 6 nitrogen and oxygen atoms in total. The number of carboxylic acids is 2. The van der Waals surface area contributed by atoms with E-state index in [9.17, 15) is 19.8 Å². The molecule has 19 heavy (non-hydrogen) atoms. The number of nitrogens with zero attached hydrogens (tertiary/aromatic N) is 1. The normalized spacial score (nSPS) is 12.3. The van der Waals surface area contributed by atoms with Gasteiger partial charge in [-0.05, 0) is 44.4 Å². The zero-order valence-corrected chi connectivity index (χ0v) is 13.0. The Morgan fingerprint density at radius 2 is 1.89 bits per heavy atom. The second-order valence-electron chi connectivity index (χ2n) is 3.82. The molecule has 0 aliphatic carbocycles. The second-order valence-corrected chi connectivity index (χ2v) is 3.82. The van der Waals surface area contributed by atoms with Gasteiger partial charge in [0.2, 0.25) is 0 Å². The summed E-state index contributed by atoms with van der Waals surface area (Å²) in [5, 5.41) is 30.3. The molecule has 0 unspecified atom stereocenters. The van der Waals surface area contributed by atoms with Crippen LogP contribution in [0.5, 0.6) is 0 Å². The van der Waals surface area contributed by atoms with Crippen molar-refractivity contribution in [3.63, 3.8) is 0 Å². The molecule has 0 saturated carbocycles. The summed E-state index contributed by atoms with van der Waals surface area (Å²) >= 11 is 0. The van der Waals surface area contributed by atoms with Gasteiger partial charge in [-0.15, -0.1) is 6.58 Å². The van der Waals surface area contributed by atoms with Crippen molar-refractivity contribution in [2.45, 2.75) is 44.6 Å².